The van der Waals surface area contributed by atoms with Crippen molar-refractivity contribution in [3.63, 3.8) is 0 Å². The summed E-state index contributed by atoms with van der Waals surface area (Å²) < 4.78 is 5.30. The first-order valence-corrected chi connectivity index (χ1v) is 10.3. The molecule has 1 saturated heterocycles. The van der Waals surface area contributed by atoms with Crippen molar-refractivity contribution >= 4 is 23.2 Å². The summed E-state index contributed by atoms with van der Waals surface area (Å²) in [6, 6.07) is 13.3. The molecule has 6 nitrogen and oxygen atoms in total. The Hall–Kier alpha value is -3.02. The highest BCUT2D eigenvalue weighted by molar-refractivity contribution is 5.97. The van der Waals surface area contributed by atoms with E-state index < -0.39 is 0 Å². The van der Waals surface area contributed by atoms with Gasteiger partial charge in [0.1, 0.15) is 5.75 Å². The van der Waals surface area contributed by atoms with Gasteiger partial charge in [0.15, 0.2) is 0 Å². The van der Waals surface area contributed by atoms with Gasteiger partial charge in [-0.25, -0.2) is 0 Å². The molecule has 0 atom stereocenters. The van der Waals surface area contributed by atoms with Crippen molar-refractivity contribution in [3.8, 4) is 5.75 Å². The molecule has 0 radical (unpaired) electrons. The number of hydrogen-bond acceptors (Lipinski definition) is 4. The first-order valence-electron chi connectivity index (χ1n) is 10.3. The Balaban J connectivity index is 1.37. The van der Waals surface area contributed by atoms with Crippen LogP contribution in [-0.4, -0.2) is 50.0 Å². The predicted molar refractivity (Wildman–Crippen MR) is 114 cm³/mol. The lowest BCUT2D eigenvalue weighted by Gasteiger charge is -2.30. The maximum atomic E-state index is 12.8. The number of carbonyl (C=O) groups excluding carboxylic acids is 2. The van der Waals surface area contributed by atoms with Gasteiger partial charge in [0.05, 0.1) is 13.7 Å². The summed E-state index contributed by atoms with van der Waals surface area (Å²) in [5.41, 5.74) is 3.65. The molecular weight excluding hydrogens is 366 g/mol. The SMILES string of the molecule is COc1ccc2c(c1)CCCN2C(=O)CNc1ccc(C(=O)N2CCCC2)cc1. The van der Waals surface area contributed by atoms with Crippen LogP contribution in [-0.2, 0) is 11.2 Å². The second-order valence-corrected chi connectivity index (χ2v) is 7.57. The zero-order chi connectivity index (χ0) is 20.2. The van der Waals surface area contributed by atoms with Crippen molar-refractivity contribution in [3.05, 3.63) is 53.6 Å². The number of nitrogens with one attached hydrogen (secondary N) is 1. The fourth-order valence-electron chi connectivity index (χ4n) is 4.07. The summed E-state index contributed by atoms with van der Waals surface area (Å²) in [4.78, 5) is 29.0. The third-order valence-corrected chi connectivity index (χ3v) is 5.68. The molecule has 4 rings (SSSR count). The minimum Gasteiger partial charge on any atom is -0.497 e. The molecule has 0 aromatic heterocycles. The van der Waals surface area contributed by atoms with Crippen LogP contribution in [0.4, 0.5) is 11.4 Å². The van der Waals surface area contributed by atoms with Crippen molar-refractivity contribution in [2.24, 2.45) is 0 Å². The summed E-state index contributed by atoms with van der Waals surface area (Å²) in [6.45, 7) is 2.63. The maximum Gasteiger partial charge on any atom is 0.253 e. The van der Waals surface area contributed by atoms with Crippen LogP contribution >= 0.6 is 0 Å². The molecule has 0 spiro atoms. The molecule has 0 bridgehead atoms. The summed E-state index contributed by atoms with van der Waals surface area (Å²) in [6.07, 6.45) is 4.06. The summed E-state index contributed by atoms with van der Waals surface area (Å²) in [7, 11) is 1.65. The maximum absolute atomic E-state index is 12.8. The summed E-state index contributed by atoms with van der Waals surface area (Å²) in [5.74, 6) is 0.943. The number of amides is 2. The molecule has 2 heterocycles. The molecule has 2 aliphatic heterocycles. The number of methoxy groups -OCH3 is 1. The predicted octanol–water partition coefficient (Wildman–Crippen LogP) is 3.32. The molecule has 152 valence electrons. The lowest BCUT2D eigenvalue weighted by molar-refractivity contribution is -0.117. The average Bonchev–Trinajstić information content (AvgIpc) is 3.31. The van der Waals surface area contributed by atoms with Crippen molar-refractivity contribution in [2.75, 3.05) is 43.5 Å². The Morgan fingerprint density at radius 1 is 1.00 bits per heavy atom. The number of anilines is 2. The number of aryl methyl sites for hydroxylation is 1. The molecule has 1 fully saturated rings. The molecule has 1 N–H and O–H groups in total. The number of likely N-dealkylation sites (tertiary alicyclic amines) is 1. The first-order chi connectivity index (χ1) is 14.2. The number of fused-ring (bicyclic) bond motifs is 1. The molecule has 6 heteroatoms. The first kappa shape index (κ1) is 19.3. The van der Waals surface area contributed by atoms with Gasteiger partial charge in [-0.15, -0.1) is 0 Å². The Labute approximate surface area is 171 Å². The molecule has 29 heavy (non-hydrogen) atoms. The lowest BCUT2D eigenvalue weighted by atomic mass is 10.0. The Morgan fingerprint density at radius 2 is 1.76 bits per heavy atom. The molecule has 0 saturated carbocycles. The number of carbonyl (C=O) groups is 2. The van der Waals surface area contributed by atoms with Crippen LogP contribution in [0.3, 0.4) is 0 Å². The van der Waals surface area contributed by atoms with Gasteiger partial charge < -0.3 is 19.9 Å². The van der Waals surface area contributed by atoms with E-state index in [-0.39, 0.29) is 18.4 Å². The van der Waals surface area contributed by atoms with Crippen molar-refractivity contribution in [1.29, 1.82) is 0 Å². The topological polar surface area (TPSA) is 61.9 Å². The van der Waals surface area contributed by atoms with E-state index in [1.54, 1.807) is 7.11 Å². The van der Waals surface area contributed by atoms with Gasteiger partial charge in [0, 0.05) is 36.6 Å². The normalized spacial score (nSPS) is 15.8. The van der Waals surface area contributed by atoms with Crippen LogP contribution in [0.2, 0.25) is 0 Å². The van der Waals surface area contributed by atoms with E-state index in [4.69, 9.17) is 4.74 Å². The van der Waals surface area contributed by atoms with Gasteiger partial charge in [-0.1, -0.05) is 0 Å². The Morgan fingerprint density at radius 3 is 2.48 bits per heavy atom. The van der Waals surface area contributed by atoms with Crippen LogP contribution in [0.1, 0.15) is 35.2 Å². The molecular formula is C23H27N3O3. The fourth-order valence-corrected chi connectivity index (χ4v) is 4.07. The van der Waals surface area contributed by atoms with Crippen LogP contribution in [0, 0.1) is 0 Å². The lowest BCUT2D eigenvalue weighted by Crippen LogP contribution is -2.39. The third-order valence-electron chi connectivity index (χ3n) is 5.68. The number of nitrogens with zero attached hydrogens (tertiary/aromatic N) is 2. The van der Waals surface area contributed by atoms with Gasteiger partial charge in [-0.05, 0) is 73.7 Å². The van der Waals surface area contributed by atoms with E-state index in [0.717, 1.165) is 68.0 Å². The van der Waals surface area contributed by atoms with Crippen LogP contribution < -0.4 is 15.0 Å². The molecule has 2 amide bonds. The zero-order valence-electron chi connectivity index (χ0n) is 16.8. The number of hydrogen-bond donors (Lipinski definition) is 1. The molecule has 2 aliphatic rings. The van der Waals surface area contributed by atoms with Crippen LogP contribution in [0.5, 0.6) is 5.75 Å². The average molecular weight is 393 g/mol. The minimum atomic E-state index is 0.0355. The standard InChI is InChI=1S/C23H27N3O3/c1-29-20-10-11-21-18(15-20)5-4-14-26(21)22(27)16-24-19-8-6-17(7-9-19)23(28)25-12-2-3-13-25/h6-11,15,24H,2-5,12-14,16H2,1H3. The smallest absolute Gasteiger partial charge is 0.253 e. The molecule has 2 aromatic carbocycles. The molecule has 0 unspecified atom stereocenters. The summed E-state index contributed by atoms with van der Waals surface area (Å²) >= 11 is 0. The van der Waals surface area contributed by atoms with E-state index in [2.05, 4.69) is 5.32 Å². The molecule has 0 aliphatic carbocycles. The van der Waals surface area contributed by atoms with Crippen molar-refractivity contribution in [2.45, 2.75) is 25.7 Å². The third kappa shape index (κ3) is 4.21. The van der Waals surface area contributed by atoms with Gasteiger partial charge in [-0.2, -0.15) is 0 Å². The monoisotopic (exact) mass is 393 g/mol. The second kappa shape index (κ2) is 8.55. The molecule has 2 aromatic rings. The van der Waals surface area contributed by atoms with Crippen molar-refractivity contribution in [1.82, 2.24) is 4.90 Å². The van der Waals surface area contributed by atoms with E-state index in [1.165, 1.54) is 0 Å². The highest BCUT2D eigenvalue weighted by Crippen LogP contribution is 2.30. The van der Waals surface area contributed by atoms with Gasteiger partial charge in [0.25, 0.3) is 5.91 Å². The summed E-state index contributed by atoms with van der Waals surface area (Å²) in [5, 5.41) is 3.19. The van der Waals surface area contributed by atoms with Gasteiger partial charge in [0.2, 0.25) is 5.91 Å². The largest absolute Gasteiger partial charge is 0.497 e. The van der Waals surface area contributed by atoms with Crippen molar-refractivity contribution < 1.29 is 14.3 Å². The number of ether oxygens (including phenoxy) is 1. The number of benzene rings is 2. The van der Waals surface area contributed by atoms with Gasteiger partial charge >= 0.3 is 0 Å². The van der Waals surface area contributed by atoms with E-state index in [9.17, 15) is 9.59 Å². The van der Waals surface area contributed by atoms with Crippen LogP contribution in [0.25, 0.3) is 0 Å². The fraction of sp³-hybridized carbons (Fsp3) is 0.391. The highest BCUT2D eigenvalue weighted by atomic mass is 16.5. The second-order valence-electron chi connectivity index (χ2n) is 7.57. The van der Waals surface area contributed by atoms with E-state index >= 15 is 0 Å². The Kier molecular flexibility index (Phi) is 5.69. The van der Waals surface area contributed by atoms with E-state index in [1.807, 2.05) is 52.3 Å². The van der Waals surface area contributed by atoms with Gasteiger partial charge in [-0.3, -0.25) is 9.59 Å². The zero-order valence-corrected chi connectivity index (χ0v) is 16.8. The highest BCUT2D eigenvalue weighted by Gasteiger charge is 2.23. The number of rotatable bonds is 5. The van der Waals surface area contributed by atoms with E-state index in [0.29, 0.717) is 5.56 Å². The Bertz CT molecular complexity index is 889. The quantitative estimate of drug-likeness (QED) is 0.847. The minimum absolute atomic E-state index is 0.0355. The van der Waals surface area contributed by atoms with Crippen LogP contribution in [0.15, 0.2) is 42.5 Å².